The van der Waals surface area contributed by atoms with Crippen LogP contribution in [0.2, 0.25) is 0 Å². The molecule has 174 valence electrons. The van der Waals surface area contributed by atoms with Crippen molar-refractivity contribution < 1.29 is 8.78 Å². The molecular formula is C25H40F2N4. The summed E-state index contributed by atoms with van der Waals surface area (Å²) in [5.74, 6) is 0.225. The summed E-state index contributed by atoms with van der Waals surface area (Å²) in [6.07, 6.45) is 10.6. The minimum Gasteiger partial charge on any atom is -0.316 e. The first kappa shape index (κ1) is 25.4. The Hall–Kier alpha value is -1.82. The number of rotatable bonds is 10. The number of nitrogens with one attached hydrogen (secondary N) is 1. The molecule has 0 amide bonds. The standard InChI is InChI=1S/C25H40F2N4/c1-6-22-23(24(26)27)31(18-30-22)17-29-16-19(2)15-28-14-11-21-10-8-13-25(4,5)12-7-9-20(21)3/h10,16,18-19,24,28H,3,6-9,11-15,17H2,1-2,4-5H3/b21-10+,29-16-. The molecule has 1 heterocycles. The van der Waals surface area contributed by atoms with E-state index in [9.17, 15) is 8.78 Å². The van der Waals surface area contributed by atoms with Crippen LogP contribution in [0.5, 0.6) is 0 Å². The highest BCUT2D eigenvalue weighted by atomic mass is 19.3. The highest BCUT2D eigenvalue weighted by Crippen LogP contribution is 2.33. The zero-order valence-corrected chi connectivity index (χ0v) is 19.8. The smallest absolute Gasteiger partial charge is 0.280 e. The topological polar surface area (TPSA) is 42.2 Å². The van der Waals surface area contributed by atoms with Crippen molar-refractivity contribution in [1.82, 2.24) is 14.9 Å². The Bertz CT molecular complexity index is 762. The van der Waals surface area contributed by atoms with E-state index in [1.165, 1.54) is 41.3 Å². The van der Waals surface area contributed by atoms with Gasteiger partial charge in [-0.05, 0) is 62.5 Å². The fraction of sp³-hybridized carbons (Fsp3) is 0.680. The average molecular weight is 435 g/mol. The molecule has 0 bridgehead atoms. The maximum atomic E-state index is 13.3. The van der Waals surface area contributed by atoms with Gasteiger partial charge in [-0.25, -0.2) is 13.8 Å². The number of allylic oxidation sites excluding steroid dienone is 2. The lowest BCUT2D eigenvalue weighted by atomic mass is 9.83. The molecule has 0 saturated carbocycles. The predicted octanol–water partition coefficient (Wildman–Crippen LogP) is 6.50. The zero-order chi connectivity index (χ0) is 22.9. The molecule has 1 aliphatic carbocycles. The second kappa shape index (κ2) is 12.3. The Morgan fingerprint density at radius 2 is 2.13 bits per heavy atom. The van der Waals surface area contributed by atoms with Gasteiger partial charge in [-0.1, -0.05) is 45.9 Å². The number of aromatic nitrogens is 2. The first-order chi connectivity index (χ1) is 14.7. The molecule has 2 rings (SSSR count). The minimum atomic E-state index is -2.53. The van der Waals surface area contributed by atoms with Crippen LogP contribution in [0.1, 0.15) is 84.0 Å². The van der Waals surface area contributed by atoms with Crippen molar-refractivity contribution in [2.24, 2.45) is 16.3 Å². The number of halogens is 2. The lowest BCUT2D eigenvalue weighted by Gasteiger charge is -2.23. The number of aryl methyl sites for hydroxylation is 1. The van der Waals surface area contributed by atoms with Gasteiger partial charge in [0.1, 0.15) is 12.4 Å². The molecule has 6 heteroatoms. The Morgan fingerprint density at radius 1 is 1.35 bits per heavy atom. The van der Waals surface area contributed by atoms with Gasteiger partial charge >= 0.3 is 0 Å². The fourth-order valence-corrected chi connectivity index (χ4v) is 4.12. The van der Waals surface area contributed by atoms with Gasteiger partial charge in [-0.2, -0.15) is 0 Å². The second-order valence-corrected chi connectivity index (χ2v) is 9.49. The highest BCUT2D eigenvalue weighted by molar-refractivity contribution is 5.60. The van der Waals surface area contributed by atoms with Crippen LogP contribution in [0, 0.1) is 11.3 Å². The van der Waals surface area contributed by atoms with Crippen LogP contribution in [-0.4, -0.2) is 28.9 Å². The molecule has 1 atom stereocenters. The van der Waals surface area contributed by atoms with Crippen molar-refractivity contribution >= 4 is 6.21 Å². The van der Waals surface area contributed by atoms with Crippen molar-refractivity contribution in [3.05, 3.63) is 41.5 Å². The largest absolute Gasteiger partial charge is 0.316 e. The Morgan fingerprint density at radius 3 is 2.84 bits per heavy atom. The van der Waals surface area contributed by atoms with Gasteiger partial charge in [-0.15, -0.1) is 0 Å². The van der Waals surface area contributed by atoms with Crippen molar-refractivity contribution in [2.45, 2.75) is 85.7 Å². The van der Waals surface area contributed by atoms with E-state index in [0.717, 1.165) is 32.4 Å². The SMILES string of the molecule is C=C1CCCC(C)(C)CC/C=C/1CCNCC(C)/C=N\Cn1cnc(CC)c1C(F)F. The first-order valence-electron chi connectivity index (χ1n) is 11.6. The van der Waals surface area contributed by atoms with Crippen LogP contribution in [-0.2, 0) is 13.1 Å². The van der Waals surface area contributed by atoms with E-state index in [1.807, 2.05) is 13.1 Å². The zero-order valence-electron chi connectivity index (χ0n) is 19.8. The van der Waals surface area contributed by atoms with Crippen molar-refractivity contribution in [3.63, 3.8) is 0 Å². The maximum Gasteiger partial charge on any atom is 0.280 e. The summed E-state index contributed by atoms with van der Waals surface area (Å²) in [5, 5.41) is 3.50. The third-order valence-corrected chi connectivity index (χ3v) is 6.13. The van der Waals surface area contributed by atoms with E-state index in [4.69, 9.17) is 0 Å². The summed E-state index contributed by atoms with van der Waals surface area (Å²) in [5.41, 5.74) is 3.54. The lowest BCUT2D eigenvalue weighted by molar-refractivity contribution is 0.140. The molecule has 1 aliphatic rings. The van der Waals surface area contributed by atoms with E-state index >= 15 is 0 Å². The number of hydrogen-bond donors (Lipinski definition) is 1. The molecule has 0 saturated heterocycles. The molecule has 1 aromatic rings. The fourth-order valence-electron chi connectivity index (χ4n) is 4.12. The van der Waals surface area contributed by atoms with Crippen LogP contribution in [0.4, 0.5) is 8.78 Å². The molecule has 0 fully saturated rings. The lowest BCUT2D eigenvalue weighted by Crippen LogP contribution is -2.23. The second-order valence-electron chi connectivity index (χ2n) is 9.49. The number of aliphatic imine (C=N–C) groups is 1. The molecule has 4 nitrogen and oxygen atoms in total. The van der Waals surface area contributed by atoms with E-state index in [1.54, 1.807) is 0 Å². The summed E-state index contributed by atoms with van der Waals surface area (Å²) in [7, 11) is 0. The van der Waals surface area contributed by atoms with E-state index < -0.39 is 6.43 Å². The normalized spacial score (nSPS) is 20.4. The summed E-state index contributed by atoms with van der Waals surface area (Å²) < 4.78 is 28.0. The van der Waals surface area contributed by atoms with Crippen LogP contribution in [0.15, 0.2) is 35.1 Å². The number of imidazole rings is 1. The van der Waals surface area contributed by atoms with Gasteiger partial charge in [0, 0.05) is 18.7 Å². The Balaban J connectivity index is 1.76. The Kier molecular flexibility index (Phi) is 10.1. The highest BCUT2D eigenvalue weighted by Gasteiger charge is 2.19. The average Bonchev–Trinajstić information content (AvgIpc) is 3.13. The van der Waals surface area contributed by atoms with Crippen molar-refractivity contribution in [3.8, 4) is 0 Å². The molecule has 1 unspecified atom stereocenters. The predicted molar refractivity (Wildman–Crippen MR) is 126 cm³/mol. The number of nitrogens with zero attached hydrogens (tertiary/aromatic N) is 3. The minimum absolute atomic E-state index is 0.0164. The van der Waals surface area contributed by atoms with Crippen molar-refractivity contribution in [1.29, 1.82) is 0 Å². The first-order valence-corrected chi connectivity index (χ1v) is 11.6. The van der Waals surface area contributed by atoms with E-state index in [2.05, 4.69) is 48.7 Å². The van der Waals surface area contributed by atoms with Gasteiger partial charge < -0.3 is 9.88 Å². The maximum absolute atomic E-state index is 13.3. The van der Waals surface area contributed by atoms with Crippen LogP contribution in [0.25, 0.3) is 0 Å². The van der Waals surface area contributed by atoms with Crippen molar-refractivity contribution in [2.75, 3.05) is 13.1 Å². The third-order valence-electron chi connectivity index (χ3n) is 6.13. The Labute approximate surface area is 186 Å². The molecular weight excluding hydrogens is 394 g/mol. The molecule has 0 aromatic carbocycles. The molecule has 1 aromatic heterocycles. The van der Waals surface area contributed by atoms with Gasteiger partial charge in [0.25, 0.3) is 6.43 Å². The summed E-state index contributed by atoms with van der Waals surface area (Å²) in [6, 6.07) is 0. The summed E-state index contributed by atoms with van der Waals surface area (Å²) in [4.78, 5) is 8.43. The summed E-state index contributed by atoms with van der Waals surface area (Å²) >= 11 is 0. The van der Waals surface area contributed by atoms with Crippen LogP contribution in [0.3, 0.4) is 0 Å². The summed E-state index contributed by atoms with van der Waals surface area (Å²) in [6.45, 7) is 14.9. The van der Waals surface area contributed by atoms with Crippen LogP contribution < -0.4 is 5.32 Å². The molecule has 0 aliphatic heterocycles. The molecule has 1 N–H and O–H groups in total. The van der Waals surface area contributed by atoms with Gasteiger partial charge in [0.05, 0.1) is 12.0 Å². The monoisotopic (exact) mass is 434 g/mol. The number of alkyl halides is 2. The van der Waals surface area contributed by atoms with Gasteiger partial charge in [-0.3, -0.25) is 4.99 Å². The quantitative estimate of drug-likeness (QED) is 0.337. The van der Waals surface area contributed by atoms with Crippen LogP contribution >= 0.6 is 0 Å². The molecule has 0 radical (unpaired) electrons. The molecule has 31 heavy (non-hydrogen) atoms. The third kappa shape index (κ3) is 8.32. The van der Waals surface area contributed by atoms with E-state index in [0.29, 0.717) is 17.5 Å². The number of hydrogen-bond acceptors (Lipinski definition) is 3. The van der Waals surface area contributed by atoms with Gasteiger partial charge in [0.2, 0.25) is 0 Å². The van der Waals surface area contributed by atoms with E-state index in [-0.39, 0.29) is 18.3 Å². The van der Waals surface area contributed by atoms with Gasteiger partial charge in [0.15, 0.2) is 0 Å². The molecule has 0 spiro atoms.